The van der Waals surface area contributed by atoms with E-state index in [2.05, 4.69) is 15.7 Å². The normalized spacial score (nSPS) is 9.93. The lowest BCUT2D eigenvalue weighted by atomic mass is 10.1. The fourth-order valence-electron chi connectivity index (χ4n) is 1.14. The number of nitrogens with zero attached hydrogens (tertiary/aromatic N) is 3. The maximum Gasteiger partial charge on any atom is 0.271 e. The quantitative estimate of drug-likeness (QED) is 0.789. The molecule has 0 unspecified atom stereocenters. The highest BCUT2D eigenvalue weighted by atomic mass is 16.2. The van der Waals surface area contributed by atoms with E-state index in [0.717, 1.165) is 5.56 Å². The van der Waals surface area contributed by atoms with Gasteiger partial charge in [0.15, 0.2) is 0 Å². The lowest BCUT2D eigenvalue weighted by Gasteiger charge is -2.03. The van der Waals surface area contributed by atoms with Crippen molar-refractivity contribution in [3.63, 3.8) is 0 Å². The Bertz CT molecular complexity index is 447. The van der Waals surface area contributed by atoms with Crippen molar-refractivity contribution in [1.82, 2.24) is 15.1 Å². The first-order chi connectivity index (χ1) is 7.25. The molecule has 1 aromatic heterocycles. The lowest BCUT2D eigenvalue weighted by Crippen LogP contribution is -2.23. The first-order valence-electron chi connectivity index (χ1n) is 4.50. The molecule has 1 N–H and O–H groups in total. The summed E-state index contributed by atoms with van der Waals surface area (Å²) in [5, 5.41) is 7.22. The molecule has 15 heavy (non-hydrogen) atoms. The molecule has 5 nitrogen and oxygen atoms in total. The van der Waals surface area contributed by atoms with E-state index in [1.807, 2.05) is 19.1 Å². The van der Waals surface area contributed by atoms with Crippen LogP contribution in [0.15, 0.2) is 36.7 Å². The molecule has 1 heterocycles. The van der Waals surface area contributed by atoms with Crippen molar-refractivity contribution in [2.75, 3.05) is 5.43 Å². The van der Waals surface area contributed by atoms with Crippen LogP contribution >= 0.6 is 0 Å². The summed E-state index contributed by atoms with van der Waals surface area (Å²) in [6.07, 6.45) is 3.06. The zero-order chi connectivity index (χ0) is 10.7. The van der Waals surface area contributed by atoms with E-state index >= 15 is 0 Å². The van der Waals surface area contributed by atoms with Crippen LogP contribution < -0.4 is 5.43 Å². The third-order valence-electron chi connectivity index (χ3n) is 1.95. The van der Waals surface area contributed by atoms with Crippen molar-refractivity contribution in [2.45, 2.75) is 6.92 Å². The second kappa shape index (κ2) is 3.91. The second-order valence-electron chi connectivity index (χ2n) is 3.15. The molecule has 76 valence electrons. The van der Waals surface area contributed by atoms with Crippen LogP contribution in [0.25, 0.3) is 0 Å². The van der Waals surface area contributed by atoms with Crippen molar-refractivity contribution in [3.8, 4) is 0 Å². The Hall–Kier alpha value is -2.17. The molecule has 0 aliphatic carbocycles. The van der Waals surface area contributed by atoms with Crippen molar-refractivity contribution in [3.05, 3.63) is 47.8 Å². The average Bonchev–Trinajstić information content (AvgIpc) is 2.71. The Balaban J connectivity index is 2.11. The second-order valence-corrected chi connectivity index (χ2v) is 3.15. The van der Waals surface area contributed by atoms with Crippen LogP contribution in [0.2, 0.25) is 0 Å². The molecule has 0 atom stereocenters. The maximum atomic E-state index is 11.6. The van der Waals surface area contributed by atoms with Crippen LogP contribution in [0.3, 0.4) is 0 Å². The summed E-state index contributed by atoms with van der Waals surface area (Å²) in [4.78, 5) is 12.9. The Morgan fingerprint density at radius 3 is 2.67 bits per heavy atom. The highest BCUT2D eigenvalue weighted by molar-refractivity contribution is 5.99. The molecule has 0 spiro atoms. The molecule has 2 rings (SSSR count). The Kier molecular flexibility index (Phi) is 2.45. The molecule has 0 radical (unpaired) electrons. The van der Waals surface area contributed by atoms with E-state index in [0.29, 0.717) is 5.56 Å². The number of amides is 1. The third-order valence-corrected chi connectivity index (χ3v) is 1.95. The summed E-state index contributed by atoms with van der Waals surface area (Å²) in [5.41, 5.74) is 4.27. The lowest BCUT2D eigenvalue weighted by molar-refractivity contribution is 0.100. The standard InChI is InChI=1S/C10H10N4O/c1-8-2-4-9(5-3-8)10(15)12-14-7-6-11-13-14/h2-7H,1H3,(H,12,15). The van der Waals surface area contributed by atoms with Crippen LogP contribution in [-0.2, 0) is 0 Å². The van der Waals surface area contributed by atoms with Gasteiger partial charge in [0.1, 0.15) is 0 Å². The number of aryl methyl sites for hydroxylation is 1. The van der Waals surface area contributed by atoms with Gasteiger partial charge in [0.2, 0.25) is 0 Å². The highest BCUT2D eigenvalue weighted by Gasteiger charge is 2.04. The predicted octanol–water partition coefficient (Wildman–Crippen LogP) is 0.970. The molecule has 5 heteroatoms. The third kappa shape index (κ3) is 2.19. The number of carbonyl (C=O) groups excluding carboxylic acids is 1. The van der Waals surface area contributed by atoms with Gasteiger partial charge < -0.3 is 0 Å². The number of hydrogen-bond donors (Lipinski definition) is 1. The molecule has 0 fully saturated rings. The van der Waals surface area contributed by atoms with Crippen LogP contribution in [0, 0.1) is 6.92 Å². The SMILES string of the molecule is Cc1ccc(C(=O)Nn2ccnn2)cc1. The van der Waals surface area contributed by atoms with Gasteiger partial charge in [-0.1, -0.05) is 17.7 Å². The number of rotatable bonds is 2. The number of nitrogens with one attached hydrogen (secondary N) is 1. The minimum atomic E-state index is -0.208. The van der Waals surface area contributed by atoms with Crippen molar-refractivity contribution in [1.29, 1.82) is 0 Å². The van der Waals surface area contributed by atoms with Gasteiger partial charge in [0, 0.05) is 5.56 Å². The molecular weight excluding hydrogens is 192 g/mol. The summed E-state index contributed by atoms with van der Waals surface area (Å²) >= 11 is 0. The topological polar surface area (TPSA) is 59.8 Å². The van der Waals surface area contributed by atoms with E-state index in [4.69, 9.17) is 0 Å². The van der Waals surface area contributed by atoms with E-state index in [1.54, 1.807) is 18.3 Å². The summed E-state index contributed by atoms with van der Waals surface area (Å²) in [5.74, 6) is -0.208. The average molecular weight is 202 g/mol. The Morgan fingerprint density at radius 1 is 1.33 bits per heavy atom. The molecule has 0 bridgehead atoms. The van der Waals surface area contributed by atoms with Gasteiger partial charge in [-0.15, -0.1) is 5.10 Å². The van der Waals surface area contributed by atoms with E-state index in [1.165, 1.54) is 11.0 Å². The van der Waals surface area contributed by atoms with Gasteiger partial charge in [-0.25, -0.2) is 5.43 Å². The number of carbonyl (C=O) groups is 1. The van der Waals surface area contributed by atoms with Gasteiger partial charge in [-0.3, -0.25) is 4.79 Å². The minimum absolute atomic E-state index is 0.208. The first-order valence-corrected chi connectivity index (χ1v) is 4.50. The fourth-order valence-corrected chi connectivity index (χ4v) is 1.14. The van der Waals surface area contributed by atoms with Gasteiger partial charge in [-0.2, -0.15) is 4.79 Å². The Labute approximate surface area is 86.7 Å². The molecule has 1 aromatic carbocycles. The number of aromatic nitrogens is 3. The van der Waals surface area contributed by atoms with E-state index < -0.39 is 0 Å². The van der Waals surface area contributed by atoms with Crippen LogP contribution in [0.4, 0.5) is 0 Å². The van der Waals surface area contributed by atoms with Crippen molar-refractivity contribution < 1.29 is 4.79 Å². The van der Waals surface area contributed by atoms with Crippen LogP contribution in [0.5, 0.6) is 0 Å². The summed E-state index contributed by atoms with van der Waals surface area (Å²) < 4.78 is 0. The smallest absolute Gasteiger partial charge is 0.267 e. The maximum absolute atomic E-state index is 11.6. The highest BCUT2D eigenvalue weighted by Crippen LogP contribution is 2.02. The first kappa shape index (κ1) is 9.39. The van der Waals surface area contributed by atoms with Gasteiger partial charge >= 0.3 is 0 Å². The van der Waals surface area contributed by atoms with Gasteiger partial charge in [0.05, 0.1) is 12.4 Å². The monoisotopic (exact) mass is 202 g/mol. The molecule has 1 amide bonds. The zero-order valence-corrected chi connectivity index (χ0v) is 8.21. The summed E-state index contributed by atoms with van der Waals surface area (Å²) in [7, 11) is 0. The molecule has 2 aromatic rings. The molecule has 0 saturated carbocycles. The predicted molar refractivity (Wildman–Crippen MR) is 54.9 cm³/mol. The minimum Gasteiger partial charge on any atom is -0.267 e. The van der Waals surface area contributed by atoms with Crippen molar-refractivity contribution in [2.24, 2.45) is 0 Å². The molecular formula is C10H10N4O. The van der Waals surface area contributed by atoms with Gasteiger partial charge in [0.25, 0.3) is 5.91 Å². The number of hydrogen-bond acceptors (Lipinski definition) is 3. The van der Waals surface area contributed by atoms with Crippen molar-refractivity contribution >= 4 is 5.91 Å². The van der Waals surface area contributed by atoms with E-state index in [-0.39, 0.29) is 5.91 Å². The Morgan fingerprint density at radius 2 is 2.07 bits per heavy atom. The van der Waals surface area contributed by atoms with Crippen LogP contribution in [0.1, 0.15) is 15.9 Å². The molecule has 0 aliphatic heterocycles. The zero-order valence-electron chi connectivity index (χ0n) is 8.21. The summed E-state index contributed by atoms with van der Waals surface area (Å²) in [6, 6.07) is 7.30. The molecule has 0 aliphatic rings. The molecule has 0 saturated heterocycles. The van der Waals surface area contributed by atoms with E-state index in [9.17, 15) is 4.79 Å². The summed E-state index contributed by atoms with van der Waals surface area (Å²) in [6.45, 7) is 1.97. The largest absolute Gasteiger partial charge is 0.271 e. The van der Waals surface area contributed by atoms with Crippen LogP contribution in [-0.4, -0.2) is 21.0 Å². The van der Waals surface area contributed by atoms with Gasteiger partial charge in [-0.05, 0) is 24.3 Å². The number of benzene rings is 1. The fraction of sp³-hybridized carbons (Fsp3) is 0.100.